The standard InChI is InChI=1S/C21H24N4O3/c1-14(2)25-20-16(11-23-25)10-17(12-22-20)24-21(26)15-5-7-18(8-6-15)28-13-19-4-3-9-27-19/h5-8,10-12,14,19H,3-4,9,13H2,1-2H3,(H,24,26)/t19-/m0/s1. The number of nitrogens with zero attached hydrogens (tertiary/aromatic N) is 3. The van der Waals surface area contributed by atoms with Gasteiger partial charge in [-0.15, -0.1) is 0 Å². The molecule has 0 spiro atoms. The van der Waals surface area contributed by atoms with Crippen LogP contribution in [0.5, 0.6) is 5.75 Å². The highest BCUT2D eigenvalue weighted by atomic mass is 16.5. The molecule has 0 bridgehead atoms. The molecule has 0 saturated carbocycles. The minimum absolute atomic E-state index is 0.172. The fraction of sp³-hybridized carbons (Fsp3) is 0.381. The Morgan fingerprint density at radius 2 is 2.14 bits per heavy atom. The molecule has 1 aromatic carbocycles. The summed E-state index contributed by atoms with van der Waals surface area (Å²) < 4.78 is 13.1. The van der Waals surface area contributed by atoms with Crippen molar-refractivity contribution in [3.8, 4) is 5.75 Å². The molecule has 0 radical (unpaired) electrons. The SMILES string of the molecule is CC(C)n1ncc2cc(NC(=O)c3ccc(OC[C@@H]4CCCO4)cc3)cnc21. The first-order chi connectivity index (χ1) is 13.6. The van der Waals surface area contributed by atoms with Gasteiger partial charge in [-0.1, -0.05) is 0 Å². The summed E-state index contributed by atoms with van der Waals surface area (Å²) in [5.74, 6) is 0.541. The molecule has 0 aliphatic carbocycles. The van der Waals surface area contributed by atoms with E-state index in [4.69, 9.17) is 9.47 Å². The van der Waals surface area contributed by atoms with Crippen molar-refractivity contribution in [3.05, 3.63) is 48.3 Å². The lowest BCUT2D eigenvalue weighted by molar-refractivity contribution is 0.0679. The first-order valence-electron chi connectivity index (χ1n) is 9.59. The zero-order valence-corrected chi connectivity index (χ0v) is 16.1. The Morgan fingerprint density at radius 1 is 1.32 bits per heavy atom. The number of nitrogens with one attached hydrogen (secondary N) is 1. The maximum Gasteiger partial charge on any atom is 0.255 e. The van der Waals surface area contributed by atoms with Crippen molar-refractivity contribution in [2.45, 2.75) is 38.8 Å². The van der Waals surface area contributed by atoms with Gasteiger partial charge in [-0.2, -0.15) is 5.10 Å². The number of carbonyl (C=O) groups is 1. The van der Waals surface area contributed by atoms with Crippen LogP contribution in [0, 0.1) is 0 Å². The van der Waals surface area contributed by atoms with Gasteiger partial charge in [-0.25, -0.2) is 9.67 Å². The van der Waals surface area contributed by atoms with Gasteiger partial charge in [-0.05, 0) is 57.0 Å². The number of anilines is 1. The molecular weight excluding hydrogens is 356 g/mol. The predicted molar refractivity (Wildman–Crippen MR) is 107 cm³/mol. The topological polar surface area (TPSA) is 78.3 Å². The van der Waals surface area contributed by atoms with Crippen molar-refractivity contribution in [1.82, 2.24) is 14.8 Å². The van der Waals surface area contributed by atoms with Gasteiger partial charge < -0.3 is 14.8 Å². The van der Waals surface area contributed by atoms with E-state index in [2.05, 4.69) is 29.2 Å². The van der Waals surface area contributed by atoms with Crippen molar-refractivity contribution < 1.29 is 14.3 Å². The van der Waals surface area contributed by atoms with E-state index in [1.54, 1.807) is 36.7 Å². The van der Waals surface area contributed by atoms with E-state index in [-0.39, 0.29) is 18.1 Å². The average molecular weight is 380 g/mol. The third kappa shape index (κ3) is 3.99. The van der Waals surface area contributed by atoms with Crippen molar-refractivity contribution in [1.29, 1.82) is 0 Å². The number of hydrogen-bond donors (Lipinski definition) is 1. The van der Waals surface area contributed by atoms with Crippen LogP contribution in [0.3, 0.4) is 0 Å². The lowest BCUT2D eigenvalue weighted by Crippen LogP contribution is -2.16. The molecule has 1 fully saturated rings. The molecule has 4 rings (SSSR count). The second-order valence-electron chi connectivity index (χ2n) is 7.24. The summed E-state index contributed by atoms with van der Waals surface area (Å²) in [7, 11) is 0. The van der Waals surface area contributed by atoms with Crippen LogP contribution in [0.4, 0.5) is 5.69 Å². The molecule has 1 aliphatic heterocycles. The van der Waals surface area contributed by atoms with Crippen LogP contribution in [0.15, 0.2) is 42.7 Å². The number of pyridine rings is 1. The lowest BCUT2D eigenvalue weighted by atomic mass is 10.2. The highest BCUT2D eigenvalue weighted by molar-refractivity contribution is 6.04. The summed E-state index contributed by atoms with van der Waals surface area (Å²) in [5, 5.41) is 8.13. The molecule has 1 amide bonds. The van der Waals surface area contributed by atoms with E-state index < -0.39 is 0 Å². The normalized spacial score (nSPS) is 16.6. The van der Waals surface area contributed by atoms with Gasteiger partial charge >= 0.3 is 0 Å². The molecule has 1 N–H and O–H groups in total. The van der Waals surface area contributed by atoms with Crippen molar-refractivity contribution in [3.63, 3.8) is 0 Å². The third-order valence-electron chi connectivity index (χ3n) is 4.76. The van der Waals surface area contributed by atoms with Crippen molar-refractivity contribution in [2.24, 2.45) is 0 Å². The molecule has 3 heterocycles. The molecule has 2 aromatic heterocycles. The minimum Gasteiger partial charge on any atom is -0.491 e. The molecule has 7 nitrogen and oxygen atoms in total. The van der Waals surface area contributed by atoms with E-state index in [1.807, 2.05) is 10.7 Å². The highest BCUT2D eigenvalue weighted by Crippen LogP contribution is 2.20. The number of ether oxygens (including phenoxy) is 2. The summed E-state index contributed by atoms with van der Waals surface area (Å²) in [5.41, 5.74) is 2.00. The third-order valence-corrected chi connectivity index (χ3v) is 4.76. The van der Waals surface area contributed by atoms with Gasteiger partial charge in [0.1, 0.15) is 12.4 Å². The van der Waals surface area contributed by atoms with E-state index in [0.717, 1.165) is 36.2 Å². The van der Waals surface area contributed by atoms with Gasteiger partial charge in [0.2, 0.25) is 0 Å². The van der Waals surface area contributed by atoms with Crippen molar-refractivity contribution in [2.75, 3.05) is 18.5 Å². The zero-order valence-electron chi connectivity index (χ0n) is 16.1. The zero-order chi connectivity index (χ0) is 19.5. The maximum atomic E-state index is 12.5. The Hall–Kier alpha value is -2.93. The molecular formula is C21H24N4O3. The monoisotopic (exact) mass is 380 g/mol. The molecule has 1 saturated heterocycles. The number of benzene rings is 1. The van der Waals surface area contributed by atoms with Gasteiger partial charge in [0.25, 0.3) is 5.91 Å². The van der Waals surface area contributed by atoms with Gasteiger partial charge in [0.15, 0.2) is 5.65 Å². The quantitative estimate of drug-likeness (QED) is 0.703. The molecule has 1 aliphatic rings. The molecule has 1 atom stereocenters. The number of aromatic nitrogens is 3. The molecule has 7 heteroatoms. The highest BCUT2D eigenvalue weighted by Gasteiger charge is 2.16. The van der Waals surface area contributed by atoms with Crippen LogP contribution >= 0.6 is 0 Å². The van der Waals surface area contributed by atoms with Crippen molar-refractivity contribution >= 4 is 22.6 Å². The number of amides is 1. The average Bonchev–Trinajstić information content (AvgIpc) is 3.36. The minimum atomic E-state index is -0.192. The van der Waals surface area contributed by atoms with Crippen LogP contribution in [-0.2, 0) is 4.74 Å². The Bertz CT molecular complexity index is 959. The van der Waals surface area contributed by atoms with Crippen LogP contribution in [0.25, 0.3) is 11.0 Å². The Kier molecular flexibility index (Phi) is 5.25. The van der Waals surface area contributed by atoms with Gasteiger partial charge in [-0.3, -0.25) is 4.79 Å². The number of hydrogen-bond acceptors (Lipinski definition) is 5. The summed E-state index contributed by atoms with van der Waals surface area (Å²) in [4.78, 5) is 17.0. The summed E-state index contributed by atoms with van der Waals surface area (Å²) in [6, 6.07) is 9.22. The summed E-state index contributed by atoms with van der Waals surface area (Å²) >= 11 is 0. The molecule has 146 valence electrons. The van der Waals surface area contributed by atoms with E-state index in [1.165, 1.54) is 0 Å². The van der Waals surface area contributed by atoms with Crippen LogP contribution in [0.2, 0.25) is 0 Å². The Balaban J connectivity index is 1.39. The summed E-state index contributed by atoms with van der Waals surface area (Å²) in [6.45, 7) is 5.46. The largest absolute Gasteiger partial charge is 0.491 e. The summed E-state index contributed by atoms with van der Waals surface area (Å²) in [6.07, 6.45) is 5.71. The number of fused-ring (bicyclic) bond motifs is 1. The first-order valence-corrected chi connectivity index (χ1v) is 9.59. The first kappa shape index (κ1) is 18.4. The Morgan fingerprint density at radius 3 is 2.86 bits per heavy atom. The van der Waals surface area contributed by atoms with E-state index in [9.17, 15) is 4.79 Å². The maximum absolute atomic E-state index is 12.5. The van der Waals surface area contributed by atoms with Gasteiger partial charge in [0.05, 0.1) is 24.2 Å². The fourth-order valence-electron chi connectivity index (χ4n) is 3.26. The molecule has 3 aromatic rings. The van der Waals surface area contributed by atoms with Gasteiger partial charge in [0, 0.05) is 23.6 Å². The number of carbonyl (C=O) groups excluding carboxylic acids is 1. The van der Waals surface area contributed by atoms with Crippen LogP contribution < -0.4 is 10.1 Å². The second kappa shape index (κ2) is 7.98. The smallest absolute Gasteiger partial charge is 0.255 e. The predicted octanol–water partition coefficient (Wildman–Crippen LogP) is 3.82. The van der Waals surface area contributed by atoms with Crippen LogP contribution in [0.1, 0.15) is 43.1 Å². The van der Waals surface area contributed by atoms with E-state index in [0.29, 0.717) is 17.9 Å². The second-order valence-corrected chi connectivity index (χ2v) is 7.24. The lowest BCUT2D eigenvalue weighted by Gasteiger charge is -2.12. The molecule has 0 unspecified atom stereocenters. The number of rotatable bonds is 6. The molecule has 28 heavy (non-hydrogen) atoms. The van der Waals surface area contributed by atoms with E-state index >= 15 is 0 Å². The Labute approximate surface area is 163 Å². The van der Waals surface area contributed by atoms with Crippen LogP contribution in [-0.4, -0.2) is 40.0 Å². The fourth-order valence-corrected chi connectivity index (χ4v) is 3.26.